The van der Waals surface area contributed by atoms with Crippen LogP contribution in [0.3, 0.4) is 0 Å². The second kappa shape index (κ2) is 11.1. The summed E-state index contributed by atoms with van der Waals surface area (Å²) in [6, 6.07) is 22.2. The molecule has 154 valence electrons. The summed E-state index contributed by atoms with van der Waals surface area (Å²) in [5, 5.41) is 0. The summed E-state index contributed by atoms with van der Waals surface area (Å²) < 4.78 is 12.7. The molecule has 3 aromatic rings. The van der Waals surface area contributed by atoms with Crippen molar-refractivity contribution >= 4 is 43.8 Å². The van der Waals surface area contributed by atoms with Crippen LogP contribution in [-0.2, 0) is 22.3 Å². The van der Waals surface area contributed by atoms with Gasteiger partial charge in [0.1, 0.15) is 0 Å². The van der Waals surface area contributed by atoms with Gasteiger partial charge in [-0.2, -0.15) is 0 Å². The summed E-state index contributed by atoms with van der Waals surface area (Å²) in [7, 11) is 0. The van der Waals surface area contributed by atoms with E-state index in [0.29, 0.717) is 12.8 Å². The Bertz CT molecular complexity index is 950. The number of esters is 2. The van der Waals surface area contributed by atoms with E-state index in [1.54, 1.807) is 24.3 Å². The Labute approximate surface area is 192 Å². The van der Waals surface area contributed by atoms with Gasteiger partial charge in [0.15, 0.2) is 0 Å². The molecular weight excluding hydrogens is 512 g/mol. The van der Waals surface area contributed by atoms with Gasteiger partial charge in [0.05, 0.1) is 24.3 Å². The topological polar surface area (TPSA) is 52.6 Å². The highest BCUT2D eigenvalue weighted by molar-refractivity contribution is 9.10. The monoisotopic (exact) mass is 530 g/mol. The third kappa shape index (κ3) is 6.54. The smallest absolute Gasteiger partial charge is 0.339 e. The highest BCUT2D eigenvalue weighted by atomic mass is 79.9. The number of halogens is 2. The highest BCUT2D eigenvalue weighted by Crippen LogP contribution is 2.15. The van der Waals surface area contributed by atoms with E-state index in [1.165, 1.54) is 0 Å². The van der Waals surface area contributed by atoms with Crippen LogP contribution < -0.4 is 0 Å². The number of carbonyl (C=O) groups is 2. The molecule has 0 aliphatic heterocycles. The zero-order valence-corrected chi connectivity index (χ0v) is 19.3. The SMILES string of the molecule is O=C(OCCc1cccc(Br)c1)c1ccccc1C(=O)OCCc1cccc(Br)c1. The van der Waals surface area contributed by atoms with E-state index >= 15 is 0 Å². The van der Waals surface area contributed by atoms with Gasteiger partial charge in [-0.25, -0.2) is 9.59 Å². The van der Waals surface area contributed by atoms with Crippen molar-refractivity contribution in [1.29, 1.82) is 0 Å². The summed E-state index contributed by atoms with van der Waals surface area (Å²) in [4.78, 5) is 25.0. The standard InChI is InChI=1S/C24H20Br2O4/c25-19-7-3-5-17(15-19)11-13-29-23(27)21-9-1-2-10-22(21)24(28)30-14-12-18-6-4-8-20(26)16-18/h1-10,15-16H,11-14H2. The lowest BCUT2D eigenvalue weighted by molar-refractivity contribution is 0.0462. The minimum absolute atomic E-state index is 0.208. The number of ether oxygens (including phenoxy) is 2. The fourth-order valence-corrected chi connectivity index (χ4v) is 3.80. The van der Waals surface area contributed by atoms with Crippen molar-refractivity contribution in [1.82, 2.24) is 0 Å². The van der Waals surface area contributed by atoms with Gasteiger partial charge in [0.25, 0.3) is 0 Å². The lowest BCUT2D eigenvalue weighted by Crippen LogP contribution is -2.16. The first-order valence-electron chi connectivity index (χ1n) is 9.45. The molecule has 0 saturated carbocycles. The molecular formula is C24H20Br2O4. The van der Waals surface area contributed by atoms with Gasteiger partial charge < -0.3 is 9.47 Å². The Kier molecular flexibility index (Phi) is 8.22. The molecule has 0 bridgehead atoms. The van der Waals surface area contributed by atoms with Gasteiger partial charge in [0, 0.05) is 21.8 Å². The van der Waals surface area contributed by atoms with Crippen LogP contribution >= 0.6 is 31.9 Å². The van der Waals surface area contributed by atoms with Crippen LogP contribution in [0, 0.1) is 0 Å². The third-order valence-electron chi connectivity index (χ3n) is 4.39. The molecule has 0 saturated heterocycles. The van der Waals surface area contributed by atoms with E-state index in [2.05, 4.69) is 31.9 Å². The van der Waals surface area contributed by atoms with Crippen molar-refractivity contribution in [3.8, 4) is 0 Å². The molecule has 4 nitrogen and oxygen atoms in total. The molecule has 0 unspecified atom stereocenters. The summed E-state index contributed by atoms with van der Waals surface area (Å²) in [5.74, 6) is -1.07. The van der Waals surface area contributed by atoms with Crippen molar-refractivity contribution in [2.24, 2.45) is 0 Å². The summed E-state index contributed by atoms with van der Waals surface area (Å²) in [6.45, 7) is 0.448. The second-order valence-electron chi connectivity index (χ2n) is 6.58. The largest absolute Gasteiger partial charge is 0.462 e. The minimum Gasteiger partial charge on any atom is -0.462 e. The van der Waals surface area contributed by atoms with Crippen LogP contribution in [0.15, 0.2) is 81.7 Å². The van der Waals surface area contributed by atoms with Crippen LogP contribution in [0.2, 0.25) is 0 Å². The van der Waals surface area contributed by atoms with E-state index in [9.17, 15) is 9.59 Å². The number of hydrogen-bond acceptors (Lipinski definition) is 4. The molecule has 0 heterocycles. The zero-order chi connectivity index (χ0) is 21.3. The van der Waals surface area contributed by atoms with Crippen molar-refractivity contribution in [2.75, 3.05) is 13.2 Å². The molecule has 3 rings (SSSR count). The number of hydrogen-bond donors (Lipinski definition) is 0. The summed E-state index contributed by atoms with van der Waals surface area (Å²) in [6.07, 6.45) is 1.18. The number of rotatable bonds is 8. The van der Waals surface area contributed by atoms with Gasteiger partial charge in [0.2, 0.25) is 0 Å². The Balaban J connectivity index is 1.56. The fraction of sp³-hybridized carbons (Fsp3) is 0.167. The number of carbonyl (C=O) groups excluding carboxylic acids is 2. The summed E-state index contributed by atoms with van der Waals surface area (Å²) in [5.41, 5.74) is 2.52. The molecule has 0 atom stereocenters. The maximum Gasteiger partial charge on any atom is 0.339 e. The molecule has 0 aliphatic rings. The maximum atomic E-state index is 12.5. The van der Waals surface area contributed by atoms with Crippen molar-refractivity contribution in [3.63, 3.8) is 0 Å². The maximum absolute atomic E-state index is 12.5. The van der Waals surface area contributed by atoms with Crippen molar-refractivity contribution in [2.45, 2.75) is 12.8 Å². The Morgan fingerprint density at radius 1 is 0.633 bits per heavy atom. The van der Waals surface area contributed by atoms with E-state index in [0.717, 1.165) is 20.1 Å². The van der Waals surface area contributed by atoms with Crippen LogP contribution in [0.1, 0.15) is 31.8 Å². The molecule has 6 heteroatoms. The van der Waals surface area contributed by atoms with Gasteiger partial charge in [-0.15, -0.1) is 0 Å². The molecule has 0 spiro atoms. The van der Waals surface area contributed by atoms with E-state index in [-0.39, 0.29) is 24.3 Å². The second-order valence-corrected chi connectivity index (χ2v) is 8.41. The van der Waals surface area contributed by atoms with Crippen LogP contribution in [0.5, 0.6) is 0 Å². The van der Waals surface area contributed by atoms with E-state index in [4.69, 9.17) is 9.47 Å². The summed E-state index contributed by atoms with van der Waals surface area (Å²) >= 11 is 6.85. The van der Waals surface area contributed by atoms with Gasteiger partial charge in [-0.3, -0.25) is 0 Å². The van der Waals surface area contributed by atoms with Crippen LogP contribution in [0.25, 0.3) is 0 Å². The molecule has 0 N–H and O–H groups in total. The van der Waals surface area contributed by atoms with E-state index < -0.39 is 11.9 Å². The predicted molar refractivity (Wildman–Crippen MR) is 123 cm³/mol. The number of benzene rings is 3. The fourth-order valence-electron chi connectivity index (χ4n) is 2.90. The Hall–Kier alpha value is -2.44. The Morgan fingerprint density at radius 2 is 1.07 bits per heavy atom. The first-order valence-corrected chi connectivity index (χ1v) is 11.0. The Morgan fingerprint density at radius 3 is 1.47 bits per heavy atom. The minimum atomic E-state index is -0.537. The molecule has 3 aromatic carbocycles. The lowest BCUT2D eigenvalue weighted by Gasteiger charge is -2.10. The zero-order valence-electron chi connectivity index (χ0n) is 16.1. The first kappa shape index (κ1) is 22.2. The van der Waals surface area contributed by atoms with Gasteiger partial charge >= 0.3 is 11.9 Å². The molecule has 0 aliphatic carbocycles. The van der Waals surface area contributed by atoms with Crippen molar-refractivity contribution in [3.05, 3.63) is 104 Å². The quantitative estimate of drug-likeness (QED) is 0.334. The average molecular weight is 532 g/mol. The molecule has 0 aromatic heterocycles. The van der Waals surface area contributed by atoms with Gasteiger partial charge in [-0.1, -0.05) is 68.3 Å². The van der Waals surface area contributed by atoms with Crippen LogP contribution in [0.4, 0.5) is 0 Å². The normalized spacial score (nSPS) is 10.5. The lowest BCUT2D eigenvalue weighted by atomic mass is 10.1. The predicted octanol–water partition coefficient (Wildman–Crippen LogP) is 6.01. The van der Waals surface area contributed by atoms with E-state index in [1.807, 2.05) is 48.5 Å². The first-order chi connectivity index (χ1) is 14.5. The molecule has 0 amide bonds. The molecule has 0 fully saturated rings. The van der Waals surface area contributed by atoms with Crippen LogP contribution in [-0.4, -0.2) is 25.2 Å². The third-order valence-corrected chi connectivity index (χ3v) is 5.38. The average Bonchev–Trinajstić information content (AvgIpc) is 2.74. The van der Waals surface area contributed by atoms with Gasteiger partial charge in [-0.05, 0) is 47.5 Å². The highest BCUT2D eigenvalue weighted by Gasteiger charge is 2.19. The molecule has 30 heavy (non-hydrogen) atoms. The van der Waals surface area contributed by atoms with Crippen molar-refractivity contribution < 1.29 is 19.1 Å². The molecule has 0 radical (unpaired) electrons.